The van der Waals surface area contributed by atoms with Gasteiger partial charge >= 0.3 is 0 Å². The highest BCUT2D eigenvalue weighted by Gasteiger charge is 2.38. The Labute approximate surface area is 198 Å². The first kappa shape index (κ1) is 23.4. The summed E-state index contributed by atoms with van der Waals surface area (Å²) in [6.07, 6.45) is 1.04. The Morgan fingerprint density at radius 3 is 2.65 bits per heavy atom. The van der Waals surface area contributed by atoms with Gasteiger partial charge in [0.15, 0.2) is 0 Å². The molecule has 0 spiro atoms. The smallest absolute Gasteiger partial charge is 0.252 e. The molecule has 8 nitrogen and oxygen atoms in total. The largest absolute Gasteiger partial charge is 0.368 e. The number of nitrogens with zero attached hydrogens (tertiary/aromatic N) is 4. The van der Waals surface area contributed by atoms with Crippen LogP contribution in [-0.4, -0.2) is 73.9 Å². The summed E-state index contributed by atoms with van der Waals surface area (Å²) in [5.41, 5.74) is 1.11. The normalized spacial score (nSPS) is 23.0. The summed E-state index contributed by atoms with van der Waals surface area (Å²) in [6, 6.07) is 8.12. The summed E-state index contributed by atoms with van der Waals surface area (Å²) in [5, 5.41) is 6.55. The number of aromatic nitrogens is 2. The number of hydrogen-bond donors (Lipinski definition) is 2. The van der Waals surface area contributed by atoms with Gasteiger partial charge in [0.05, 0.1) is 10.6 Å². The van der Waals surface area contributed by atoms with Crippen molar-refractivity contribution < 1.29 is 17.2 Å². The van der Waals surface area contributed by atoms with Gasteiger partial charge in [0.2, 0.25) is 16.0 Å². The van der Waals surface area contributed by atoms with Crippen molar-refractivity contribution in [1.82, 2.24) is 19.6 Å². The molecule has 2 aliphatic heterocycles. The van der Waals surface area contributed by atoms with E-state index < -0.39 is 22.4 Å². The quantitative estimate of drug-likeness (QED) is 0.639. The molecule has 0 radical (unpaired) electrons. The lowest BCUT2D eigenvalue weighted by molar-refractivity contribution is -0.0127. The minimum Gasteiger partial charge on any atom is -0.368 e. The van der Waals surface area contributed by atoms with E-state index in [4.69, 9.17) is 0 Å². The van der Waals surface area contributed by atoms with Crippen LogP contribution >= 0.6 is 0 Å². The lowest BCUT2D eigenvalue weighted by Gasteiger charge is -2.31. The third-order valence-corrected chi connectivity index (χ3v) is 8.79. The van der Waals surface area contributed by atoms with Crippen LogP contribution in [0.5, 0.6) is 0 Å². The zero-order chi connectivity index (χ0) is 23.8. The van der Waals surface area contributed by atoms with E-state index in [0.717, 1.165) is 32.6 Å². The summed E-state index contributed by atoms with van der Waals surface area (Å²) >= 11 is 0. The van der Waals surface area contributed by atoms with Gasteiger partial charge in [-0.3, -0.25) is 0 Å². The number of anilines is 2. The molecule has 1 atom stereocenters. The maximum atomic E-state index is 14.3. The van der Waals surface area contributed by atoms with E-state index in [0.29, 0.717) is 42.5 Å². The molecule has 0 amide bonds. The summed E-state index contributed by atoms with van der Waals surface area (Å²) in [5.74, 6) is -1.84. The summed E-state index contributed by atoms with van der Waals surface area (Å²) in [7, 11) is -3.63. The van der Waals surface area contributed by atoms with E-state index in [9.17, 15) is 17.2 Å². The fourth-order valence-electron chi connectivity index (χ4n) is 4.98. The topological polar surface area (TPSA) is 90.5 Å². The summed E-state index contributed by atoms with van der Waals surface area (Å²) < 4.78 is 56.5. The van der Waals surface area contributed by atoms with Gasteiger partial charge in [-0.1, -0.05) is 18.2 Å². The zero-order valence-corrected chi connectivity index (χ0v) is 19.8. The zero-order valence-electron chi connectivity index (χ0n) is 19.0. The molecule has 0 saturated carbocycles. The molecule has 3 aliphatic rings. The third-order valence-electron chi connectivity index (χ3n) is 6.82. The first-order valence-electron chi connectivity index (χ1n) is 11.9. The first-order chi connectivity index (χ1) is 16.3. The maximum Gasteiger partial charge on any atom is 0.252 e. The van der Waals surface area contributed by atoms with Crippen LogP contribution in [0, 0.1) is 0 Å². The minimum atomic E-state index is -3.63. The van der Waals surface area contributed by atoms with Crippen molar-refractivity contribution in [2.24, 2.45) is 0 Å². The van der Waals surface area contributed by atoms with Gasteiger partial charge in [-0.15, -0.1) is 0 Å². The van der Waals surface area contributed by atoms with Crippen LogP contribution in [0.4, 0.5) is 20.5 Å². The molecule has 34 heavy (non-hydrogen) atoms. The highest BCUT2D eigenvalue weighted by molar-refractivity contribution is 7.89. The average Bonchev–Trinajstić information content (AvgIpc) is 3.33. The van der Waals surface area contributed by atoms with Crippen LogP contribution in [0.3, 0.4) is 0 Å². The second-order valence-corrected chi connectivity index (χ2v) is 11.1. The highest BCUT2D eigenvalue weighted by Crippen LogP contribution is 2.36. The molecule has 11 heteroatoms. The number of fused-ring (bicyclic) bond motifs is 1. The van der Waals surface area contributed by atoms with Crippen molar-refractivity contribution >= 4 is 21.8 Å². The Bertz CT molecular complexity index is 1130. The predicted molar refractivity (Wildman–Crippen MR) is 126 cm³/mol. The summed E-state index contributed by atoms with van der Waals surface area (Å²) in [6.45, 7) is 3.88. The molecule has 184 valence electrons. The second kappa shape index (κ2) is 9.35. The number of aryl methyl sites for hydroxylation is 1. The van der Waals surface area contributed by atoms with Gasteiger partial charge < -0.3 is 15.5 Å². The van der Waals surface area contributed by atoms with Crippen LogP contribution in [0.2, 0.25) is 0 Å². The third kappa shape index (κ3) is 4.73. The van der Waals surface area contributed by atoms with Crippen molar-refractivity contribution in [2.75, 3.05) is 49.5 Å². The van der Waals surface area contributed by atoms with Crippen molar-refractivity contribution in [3.63, 3.8) is 0 Å². The molecule has 3 heterocycles. The minimum absolute atomic E-state index is 0.205. The van der Waals surface area contributed by atoms with E-state index in [2.05, 4.69) is 25.5 Å². The first-order valence-corrected chi connectivity index (χ1v) is 13.3. The molecule has 2 saturated heterocycles. The fraction of sp³-hybridized carbons (Fsp3) is 0.565. The highest BCUT2D eigenvalue weighted by atomic mass is 32.2. The van der Waals surface area contributed by atoms with Gasteiger partial charge in [-0.05, 0) is 31.4 Å². The predicted octanol–water partition coefficient (Wildman–Crippen LogP) is 2.28. The number of sulfonamides is 1. The van der Waals surface area contributed by atoms with E-state index in [1.807, 2.05) is 0 Å². The Kier molecular flexibility index (Phi) is 6.43. The van der Waals surface area contributed by atoms with E-state index in [1.54, 1.807) is 30.3 Å². The fourth-order valence-corrected chi connectivity index (χ4v) is 6.70. The second-order valence-electron chi connectivity index (χ2n) is 9.17. The average molecular weight is 493 g/mol. The number of benzene rings is 1. The molecule has 0 bridgehead atoms. The number of nitrogens with one attached hydrogen (secondary N) is 2. The van der Waals surface area contributed by atoms with E-state index >= 15 is 0 Å². The molecule has 1 aromatic heterocycles. The van der Waals surface area contributed by atoms with Crippen LogP contribution < -0.4 is 15.5 Å². The Morgan fingerprint density at radius 1 is 1.12 bits per heavy atom. The van der Waals surface area contributed by atoms with Crippen molar-refractivity contribution in [1.29, 1.82) is 0 Å². The van der Waals surface area contributed by atoms with Gasteiger partial charge in [0.1, 0.15) is 5.82 Å². The van der Waals surface area contributed by atoms with Gasteiger partial charge in [-0.2, -0.15) is 9.29 Å². The SMILES string of the molecule is O=S(=O)(c1ccccc1)N1CCCC1CNc1nc(N2CCNCC2)nc2c1CC(F)(F)CC2. The number of hydrogen-bond acceptors (Lipinski definition) is 7. The molecule has 2 fully saturated rings. The molecule has 1 aromatic carbocycles. The summed E-state index contributed by atoms with van der Waals surface area (Å²) in [4.78, 5) is 11.6. The number of piperazine rings is 1. The van der Waals surface area contributed by atoms with Crippen molar-refractivity contribution in [3.8, 4) is 0 Å². The lowest BCUT2D eigenvalue weighted by Crippen LogP contribution is -2.44. The van der Waals surface area contributed by atoms with Crippen LogP contribution in [0.25, 0.3) is 0 Å². The van der Waals surface area contributed by atoms with Crippen LogP contribution in [0.1, 0.15) is 30.5 Å². The molecule has 1 aliphatic carbocycles. The molecular weight excluding hydrogens is 462 g/mol. The number of halogens is 2. The van der Waals surface area contributed by atoms with Gasteiger partial charge in [0.25, 0.3) is 5.92 Å². The molecule has 5 rings (SSSR count). The Morgan fingerprint density at radius 2 is 1.88 bits per heavy atom. The molecule has 1 unspecified atom stereocenters. The maximum absolute atomic E-state index is 14.3. The van der Waals surface area contributed by atoms with Gasteiger partial charge in [-0.25, -0.2) is 22.2 Å². The van der Waals surface area contributed by atoms with Crippen LogP contribution in [-0.2, 0) is 22.9 Å². The van der Waals surface area contributed by atoms with E-state index in [-0.39, 0.29) is 23.8 Å². The Hall–Kier alpha value is -2.37. The van der Waals surface area contributed by atoms with Crippen LogP contribution in [0.15, 0.2) is 35.2 Å². The van der Waals surface area contributed by atoms with Gasteiger partial charge in [0, 0.05) is 63.7 Å². The Balaban J connectivity index is 1.40. The standard InChI is InChI=1S/C23H30F2N6O2S/c24-23(25)9-8-20-19(15-23)21(29-22(28-20)30-13-10-26-11-14-30)27-16-17-5-4-12-31(17)34(32,33)18-6-2-1-3-7-18/h1-3,6-7,17,26H,4-5,8-16H2,(H,27,28,29). The van der Waals surface area contributed by atoms with Crippen molar-refractivity contribution in [3.05, 3.63) is 41.6 Å². The molecule has 2 aromatic rings. The molecular formula is C23H30F2N6O2S. The van der Waals surface area contributed by atoms with E-state index in [1.165, 1.54) is 4.31 Å². The molecule has 2 N–H and O–H groups in total. The van der Waals surface area contributed by atoms with Crippen molar-refractivity contribution in [2.45, 2.75) is 49.0 Å². The lowest BCUT2D eigenvalue weighted by atomic mass is 9.93. The number of alkyl halides is 2. The monoisotopic (exact) mass is 492 g/mol. The number of rotatable bonds is 6.